The Kier molecular flexibility index (Phi) is 68.6. The molecule has 0 radical (unpaired) electrons. The first-order chi connectivity index (χ1) is 40.5. The summed E-state index contributed by atoms with van der Waals surface area (Å²) in [6.07, 6.45) is 90.1. The van der Waals surface area contributed by atoms with Gasteiger partial charge < -0.3 is 14.2 Å². The highest BCUT2D eigenvalue weighted by atomic mass is 16.6. The molecular formula is C76H140O6. The van der Waals surface area contributed by atoms with Crippen molar-refractivity contribution >= 4 is 17.9 Å². The second-order valence-corrected chi connectivity index (χ2v) is 24.8. The van der Waals surface area contributed by atoms with Gasteiger partial charge in [0, 0.05) is 19.3 Å². The molecule has 0 rings (SSSR count). The fraction of sp³-hybridized carbons (Fsp3) is 0.855. The summed E-state index contributed by atoms with van der Waals surface area (Å²) in [7, 11) is 0. The zero-order chi connectivity index (χ0) is 59.2. The second kappa shape index (κ2) is 70.9. The quantitative estimate of drug-likeness (QED) is 0.0261. The standard InChI is InChI=1S/C76H140O6/c1-4-7-10-13-16-19-22-25-28-30-32-34-36-37-38-39-41-42-44-46-48-51-54-57-60-63-66-69-75(78)81-72-73(71-80-74(77)68-65-62-59-56-53-50-27-24-21-18-15-12-9-6-3)82-76(79)70-67-64-61-58-55-52-49-47-45-43-40-35-33-31-29-26-23-20-17-14-11-8-5-2/h15,18,24,27,30-33,73H,4-14,16-17,19-23,25-26,28-29,34-72H2,1-3H3/b18-15-,27-24-,32-30-,33-31-. The van der Waals surface area contributed by atoms with Gasteiger partial charge in [0.05, 0.1) is 0 Å². The third-order valence-electron chi connectivity index (χ3n) is 16.5. The lowest BCUT2D eigenvalue weighted by atomic mass is 10.0. The highest BCUT2D eigenvalue weighted by molar-refractivity contribution is 5.71. The maximum Gasteiger partial charge on any atom is 0.306 e. The molecule has 0 aliphatic heterocycles. The number of unbranched alkanes of at least 4 members (excludes halogenated alkanes) is 49. The molecule has 0 N–H and O–H groups in total. The average Bonchev–Trinajstić information content (AvgIpc) is 3.47. The summed E-state index contributed by atoms with van der Waals surface area (Å²) >= 11 is 0. The van der Waals surface area contributed by atoms with Gasteiger partial charge in [-0.25, -0.2) is 0 Å². The van der Waals surface area contributed by atoms with Crippen LogP contribution in [0.1, 0.15) is 400 Å². The number of hydrogen-bond donors (Lipinski definition) is 0. The molecule has 0 aromatic carbocycles. The highest BCUT2D eigenvalue weighted by Gasteiger charge is 2.19. The predicted octanol–water partition coefficient (Wildman–Crippen LogP) is 25.3. The Morgan fingerprint density at radius 3 is 0.720 bits per heavy atom. The van der Waals surface area contributed by atoms with Crippen LogP contribution in [0.15, 0.2) is 48.6 Å². The topological polar surface area (TPSA) is 78.9 Å². The fourth-order valence-corrected chi connectivity index (χ4v) is 11.0. The van der Waals surface area contributed by atoms with Crippen LogP contribution < -0.4 is 0 Å². The largest absolute Gasteiger partial charge is 0.462 e. The van der Waals surface area contributed by atoms with Crippen molar-refractivity contribution in [3.05, 3.63) is 48.6 Å². The van der Waals surface area contributed by atoms with E-state index in [-0.39, 0.29) is 31.1 Å². The molecule has 1 atom stereocenters. The Hall–Kier alpha value is -2.63. The molecule has 480 valence electrons. The molecule has 0 aromatic rings. The van der Waals surface area contributed by atoms with Crippen molar-refractivity contribution in [2.24, 2.45) is 0 Å². The Labute approximate surface area is 511 Å². The molecule has 1 unspecified atom stereocenters. The Morgan fingerprint density at radius 1 is 0.244 bits per heavy atom. The first-order valence-electron chi connectivity index (χ1n) is 36.6. The Morgan fingerprint density at radius 2 is 0.451 bits per heavy atom. The molecule has 0 heterocycles. The van der Waals surface area contributed by atoms with E-state index >= 15 is 0 Å². The molecule has 0 saturated carbocycles. The van der Waals surface area contributed by atoms with Gasteiger partial charge in [-0.3, -0.25) is 14.4 Å². The van der Waals surface area contributed by atoms with Crippen molar-refractivity contribution in [1.29, 1.82) is 0 Å². The van der Waals surface area contributed by atoms with Crippen LogP contribution >= 0.6 is 0 Å². The van der Waals surface area contributed by atoms with Gasteiger partial charge in [-0.1, -0.05) is 333 Å². The number of ether oxygens (including phenoxy) is 3. The van der Waals surface area contributed by atoms with E-state index in [9.17, 15) is 14.4 Å². The van der Waals surface area contributed by atoms with Crippen LogP contribution in [0.25, 0.3) is 0 Å². The van der Waals surface area contributed by atoms with Gasteiger partial charge in [-0.05, 0) is 96.3 Å². The van der Waals surface area contributed by atoms with Crippen molar-refractivity contribution in [1.82, 2.24) is 0 Å². The Bertz CT molecular complexity index is 1410. The normalized spacial score (nSPS) is 12.3. The van der Waals surface area contributed by atoms with Crippen molar-refractivity contribution < 1.29 is 28.6 Å². The lowest BCUT2D eigenvalue weighted by Crippen LogP contribution is -2.30. The van der Waals surface area contributed by atoms with Crippen molar-refractivity contribution in [2.75, 3.05) is 13.2 Å². The molecule has 0 spiro atoms. The minimum Gasteiger partial charge on any atom is -0.462 e. The van der Waals surface area contributed by atoms with Crippen molar-refractivity contribution in [2.45, 2.75) is 406 Å². The molecule has 0 bridgehead atoms. The molecule has 0 saturated heterocycles. The molecule has 0 fully saturated rings. The zero-order valence-electron chi connectivity index (χ0n) is 55.3. The van der Waals surface area contributed by atoms with Crippen LogP contribution in [0.5, 0.6) is 0 Å². The summed E-state index contributed by atoms with van der Waals surface area (Å²) in [6, 6.07) is 0. The van der Waals surface area contributed by atoms with Gasteiger partial charge in [0.1, 0.15) is 13.2 Å². The monoisotopic (exact) mass is 1150 g/mol. The minimum atomic E-state index is -0.780. The number of rotatable bonds is 68. The number of carbonyl (C=O) groups is 3. The van der Waals surface area contributed by atoms with Gasteiger partial charge in [-0.15, -0.1) is 0 Å². The number of allylic oxidation sites excluding steroid dienone is 8. The molecule has 82 heavy (non-hydrogen) atoms. The van der Waals surface area contributed by atoms with Gasteiger partial charge >= 0.3 is 17.9 Å². The average molecular weight is 1150 g/mol. The summed E-state index contributed by atoms with van der Waals surface area (Å²) in [5, 5.41) is 0. The second-order valence-electron chi connectivity index (χ2n) is 24.8. The van der Waals surface area contributed by atoms with Gasteiger partial charge in [-0.2, -0.15) is 0 Å². The maximum atomic E-state index is 13.0. The highest BCUT2D eigenvalue weighted by Crippen LogP contribution is 2.18. The van der Waals surface area contributed by atoms with E-state index in [1.165, 1.54) is 283 Å². The van der Waals surface area contributed by atoms with Gasteiger partial charge in [0.25, 0.3) is 0 Å². The third kappa shape index (κ3) is 68.2. The minimum absolute atomic E-state index is 0.0742. The molecule has 6 heteroatoms. The summed E-state index contributed by atoms with van der Waals surface area (Å²) in [4.78, 5) is 38.5. The summed E-state index contributed by atoms with van der Waals surface area (Å²) in [5.41, 5.74) is 0. The van der Waals surface area contributed by atoms with Crippen LogP contribution in [0.4, 0.5) is 0 Å². The molecule has 0 aromatic heterocycles. The van der Waals surface area contributed by atoms with Crippen molar-refractivity contribution in [3.8, 4) is 0 Å². The molecule has 0 aliphatic rings. The van der Waals surface area contributed by atoms with Gasteiger partial charge in [0.2, 0.25) is 0 Å². The first kappa shape index (κ1) is 79.4. The van der Waals surface area contributed by atoms with Crippen LogP contribution in [0.2, 0.25) is 0 Å². The summed E-state index contributed by atoms with van der Waals surface area (Å²) < 4.78 is 17.0. The molecule has 0 amide bonds. The molecule has 6 nitrogen and oxygen atoms in total. The number of carbonyl (C=O) groups excluding carboxylic acids is 3. The lowest BCUT2D eigenvalue weighted by molar-refractivity contribution is -0.167. The van der Waals surface area contributed by atoms with E-state index in [4.69, 9.17) is 14.2 Å². The number of hydrogen-bond acceptors (Lipinski definition) is 6. The lowest BCUT2D eigenvalue weighted by Gasteiger charge is -2.18. The Balaban J connectivity index is 4.24. The fourth-order valence-electron chi connectivity index (χ4n) is 11.0. The van der Waals surface area contributed by atoms with Gasteiger partial charge in [0.15, 0.2) is 6.10 Å². The maximum absolute atomic E-state index is 13.0. The summed E-state index contributed by atoms with van der Waals surface area (Å²) in [5.74, 6) is -0.863. The zero-order valence-corrected chi connectivity index (χ0v) is 55.3. The van der Waals surface area contributed by atoms with Crippen LogP contribution in [0, 0.1) is 0 Å². The van der Waals surface area contributed by atoms with E-state index in [1.54, 1.807) is 0 Å². The number of esters is 3. The molecular weight excluding hydrogens is 1010 g/mol. The van der Waals surface area contributed by atoms with Crippen LogP contribution in [0.3, 0.4) is 0 Å². The molecule has 0 aliphatic carbocycles. The predicted molar refractivity (Wildman–Crippen MR) is 358 cm³/mol. The van der Waals surface area contributed by atoms with Crippen LogP contribution in [-0.4, -0.2) is 37.2 Å². The van der Waals surface area contributed by atoms with E-state index in [0.29, 0.717) is 19.3 Å². The SMILES string of the molecule is CCCC/C=C\C/C=C\CCCCCCCC(=O)OCC(COC(=O)CCCCCCCCCCCCCCCCC/C=C\CCCCCCCCCC)OC(=O)CCCCCCCCCCCCC/C=C\CCCCCCCCCC. The van der Waals surface area contributed by atoms with E-state index in [1.807, 2.05) is 0 Å². The first-order valence-corrected chi connectivity index (χ1v) is 36.6. The van der Waals surface area contributed by atoms with E-state index < -0.39 is 6.10 Å². The summed E-state index contributed by atoms with van der Waals surface area (Å²) in [6.45, 7) is 6.66. The van der Waals surface area contributed by atoms with E-state index in [2.05, 4.69) is 69.4 Å². The van der Waals surface area contributed by atoms with Crippen LogP contribution in [-0.2, 0) is 28.6 Å². The van der Waals surface area contributed by atoms with E-state index in [0.717, 1.165) is 77.0 Å². The smallest absolute Gasteiger partial charge is 0.306 e. The third-order valence-corrected chi connectivity index (χ3v) is 16.5. The van der Waals surface area contributed by atoms with Crippen molar-refractivity contribution in [3.63, 3.8) is 0 Å².